The molecule has 0 aromatic heterocycles. The highest BCUT2D eigenvalue weighted by molar-refractivity contribution is 5.91. The number of piperidine rings is 2. The summed E-state index contributed by atoms with van der Waals surface area (Å²) in [5.74, 6) is -0.106. The number of urea groups is 1. The van der Waals surface area contributed by atoms with Crippen molar-refractivity contribution in [3.05, 3.63) is 64.2 Å². The molecule has 10 heteroatoms. The van der Waals surface area contributed by atoms with Crippen LogP contribution in [0.5, 0.6) is 0 Å². The SMILES string of the molecule is CCN(C)CCCN(C)C1CCN(C(=O)[C@@H](Cc2cc(C)c(C)c(C)c2)OC(=O)N2CCC(N3CCc4ccccc4NC3=O)CC2)CC1. The average Bonchev–Trinajstić information content (AvgIpc) is 3.27. The number of carbonyl (C=O) groups is 3. The summed E-state index contributed by atoms with van der Waals surface area (Å²) in [6.45, 7) is 14.6. The molecule has 0 unspecified atom stereocenters. The van der Waals surface area contributed by atoms with Crippen LogP contribution < -0.4 is 5.32 Å². The highest BCUT2D eigenvalue weighted by Crippen LogP contribution is 2.26. The van der Waals surface area contributed by atoms with Gasteiger partial charge in [0.2, 0.25) is 0 Å². The van der Waals surface area contributed by atoms with E-state index in [0.29, 0.717) is 58.0 Å². The molecule has 268 valence electrons. The van der Waals surface area contributed by atoms with Crippen LogP contribution in [0.25, 0.3) is 0 Å². The monoisotopic (exact) mass is 674 g/mol. The summed E-state index contributed by atoms with van der Waals surface area (Å²) < 4.78 is 6.13. The van der Waals surface area contributed by atoms with Gasteiger partial charge in [-0.05, 0) is 127 Å². The van der Waals surface area contributed by atoms with Gasteiger partial charge in [0.05, 0.1) is 0 Å². The molecule has 0 saturated carbocycles. The number of amides is 4. The molecule has 0 bridgehead atoms. The molecule has 3 heterocycles. The maximum absolute atomic E-state index is 14.1. The van der Waals surface area contributed by atoms with Crippen LogP contribution in [0, 0.1) is 20.8 Å². The summed E-state index contributed by atoms with van der Waals surface area (Å²) in [7, 11) is 4.35. The molecule has 1 N–H and O–H groups in total. The molecule has 2 aromatic carbocycles. The van der Waals surface area contributed by atoms with Gasteiger partial charge < -0.3 is 34.6 Å². The number of hydrogen-bond donors (Lipinski definition) is 1. The van der Waals surface area contributed by atoms with Crippen LogP contribution >= 0.6 is 0 Å². The highest BCUT2D eigenvalue weighted by Gasteiger charge is 2.36. The van der Waals surface area contributed by atoms with Crippen LogP contribution in [-0.2, 0) is 22.4 Å². The van der Waals surface area contributed by atoms with E-state index in [4.69, 9.17) is 4.74 Å². The molecule has 2 aromatic rings. The van der Waals surface area contributed by atoms with Crippen molar-refractivity contribution in [2.45, 2.75) is 90.8 Å². The van der Waals surface area contributed by atoms with E-state index in [1.807, 2.05) is 28.0 Å². The van der Waals surface area contributed by atoms with Crippen molar-refractivity contribution in [2.24, 2.45) is 0 Å². The Bertz CT molecular complexity index is 1430. The van der Waals surface area contributed by atoms with Gasteiger partial charge in [0.1, 0.15) is 0 Å². The van der Waals surface area contributed by atoms with Crippen molar-refractivity contribution < 1.29 is 19.1 Å². The second kappa shape index (κ2) is 16.9. The number of benzene rings is 2. The van der Waals surface area contributed by atoms with Crippen LogP contribution in [0.3, 0.4) is 0 Å². The van der Waals surface area contributed by atoms with Crippen LogP contribution in [-0.4, -0.2) is 127 Å². The minimum Gasteiger partial charge on any atom is -0.436 e. The second-order valence-electron chi connectivity index (χ2n) is 14.5. The number of aryl methyl sites for hydroxylation is 2. The fourth-order valence-corrected chi connectivity index (χ4v) is 7.59. The molecule has 0 radical (unpaired) electrons. The largest absolute Gasteiger partial charge is 0.436 e. The molecular weight excluding hydrogens is 616 g/mol. The number of hydrogen-bond acceptors (Lipinski definition) is 6. The predicted molar refractivity (Wildman–Crippen MR) is 195 cm³/mol. The van der Waals surface area contributed by atoms with Crippen molar-refractivity contribution in [1.82, 2.24) is 24.5 Å². The van der Waals surface area contributed by atoms with E-state index >= 15 is 0 Å². The molecular formula is C39H58N6O4. The van der Waals surface area contributed by atoms with Crippen molar-refractivity contribution in [2.75, 3.05) is 71.8 Å². The van der Waals surface area contributed by atoms with Gasteiger partial charge in [-0.1, -0.05) is 37.3 Å². The van der Waals surface area contributed by atoms with E-state index in [1.54, 1.807) is 4.90 Å². The first kappa shape index (κ1) is 36.6. The van der Waals surface area contributed by atoms with E-state index in [2.05, 4.69) is 75.1 Å². The Morgan fingerprint density at radius 1 is 0.918 bits per heavy atom. The lowest BCUT2D eigenvalue weighted by Gasteiger charge is -2.39. The van der Waals surface area contributed by atoms with Gasteiger partial charge in [0.15, 0.2) is 6.10 Å². The van der Waals surface area contributed by atoms with Crippen LogP contribution in [0.15, 0.2) is 36.4 Å². The third kappa shape index (κ3) is 9.34. The Morgan fingerprint density at radius 3 is 2.24 bits per heavy atom. The maximum atomic E-state index is 14.1. The Hall–Kier alpha value is -3.63. The van der Waals surface area contributed by atoms with Gasteiger partial charge >= 0.3 is 12.1 Å². The van der Waals surface area contributed by atoms with Gasteiger partial charge in [0, 0.05) is 56.9 Å². The molecule has 49 heavy (non-hydrogen) atoms. The predicted octanol–water partition coefficient (Wildman–Crippen LogP) is 5.48. The van der Waals surface area contributed by atoms with E-state index < -0.39 is 12.2 Å². The van der Waals surface area contributed by atoms with E-state index in [0.717, 1.165) is 62.1 Å². The van der Waals surface area contributed by atoms with Crippen LogP contribution in [0.2, 0.25) is 0 Å². The number of ether oxygens (including phenoxy) is 1. The van der Waals surface area contributed by atoms with Crippen molar-refractivity contribution in [3.63, 3.8) is 0 Å². The van der Waals surface area contributed by atoms with Gasteiger partial charge in [0.25, 0.3) is 5.91 Å². The Balaban J connectivity index is 1.19. The zero-order valence-corrected chi connectivity index (χ0v) is 30.7. The van der Waals surface area contributed by atoms with Gasteiger partial charge in [-0.3, -0.25) is 4.79 Å². The molecule has 1 atom stereocenters. The fraction of sp³-hybridized carbons (Fsp3) is 0.615. The quantitative estimate of drug-likeness (QED) is 0.340. The minimum atomic E-state index is -0.888. The molecule has 2 fully saturated rings. The maximum Gasteiger partial charge on any atom is 0.410 e. The summed E-state index contributed by atoms with van der Waals surface area (Å²) >= 11 is 0. The first-order chi connectivity index (χ1) is 23.5. The molecule has 4 amide bonds. The van der Waals surface area contributed by atoms with E-state index in [9.17, 15) is 14.4 Å². The number of para-hydroxylation sites is 1. The number of nitrogens with zero attached hydrogens (tertiary/aromatic N) is 5. The van der Waals surface area contributed by atoms with Crippen LogP contribution in [0.4, 0.5) is 15.3 Å². The molecule has 3 aliphatic rings. The standard InChI is InChI=1S/C39H58N6O4/c1-7-41(5)18-10-19-42(6)33-14-20-43(21-15-33)37(46)36(27-31-25-28(2)30(4)29(3)26-31)49-39(48)44-22-16-34(17-23-44)45-24-13-32-11-8-9-12-35(32)40-38(45)47/h8-9,11-12,25-26,33-34,36H,7,10,13-24,27H2,1-6H3,(H,40,47)/t36-/m1/s1. The number of fused-ring (bicyclic) bond motifs is 1. The van der Waals surface area contributed by atoms with Crippen molar-refractivity contribution in [1.29, 1.82) is 0 Å². The minimum absolute atomic E-state index is 0.0429. The number of likely N-dealkylation sites (tertiary alicyclic amines) is 2. The molecule has 0 aliphatic carbocycles. The smallest absolute Gasteiger partial charge is 0.410 e. The summed E-state index contributed by atoms with van der Waals surface area (Å²) in [6, 6.07) is 12.6. The molecule has 3 aliphatic heterocycles. The lowest BCUT2D eigenvalue weighted by atomic mass is 9.96. The molecule has 5 rings (SSSR count). The molecule has 0 spiro atoms. The van der Waals surface area contributed by atoms with Gasteiger partial charge in [-0.15, -0.1) is 0 Å². The summed E-state index contributed by atoms with van der Waals surface area (Å²) in [4.78, 5) is 51.2. The number of rotatable bonds is 11. The fourth-order valence-electron chi connectivity index (χ4n) is 7.59. The van der Waals surface area contributed by atoms with Gasteiger partial charge in [-0.2, -0.15) is 0 Å². The molecule has 2 saturated heterocycles. The van der Waals surface area contributed by atoms with E-state index in [-0.39, 0.29) is 18.0 Å². The Kier molecular flexibility index (Phi) is 12.6. The lowest BCUT2D eigenvalue weighted by Crippen LogP contribution is -2.52. The van der Waals surface area contributed by atoms with Crippen molar-refractivity contribution >= 4 is 23.7 Å². The zero-order chi connectivity index (χ0) is 35.1. The van der Waals surface area contributed by atoms with Gasteiger partial charge in [-0.25, -0.2) is 9.59 Å². The first-order valence-corrected chi connectivity index (χ1v) is 18.4. The van der Waals surface area contributed by atoms with Crippen LogP contribution in [0.1, 0.15) is 66.8 Å². The second-order valence-corrected chi connectivity index (χ2v) is 14.5. The summed E-state index contributed by atoms with van der Waals surface area (Å²) in [6.07, 6.45) is 4.11. The summed E-state index contributed by atoms with van der Waals surface area (Å²) in [5, 5.41) is 3.07. The molecule has 10 nitrogen and oxygen atoms in total. The third-order valence-corrected chi connectivity index (χ3v) is 11.2. The first-order valence-electron chi connectivity index (χ1n) is 18.4. The number of anilines is 1. The Morgan fingerprint density at radius 2 is 1.57 bits per heavy atom. The zero-order valence-electron chi connectivity index (χ0n) is 30.7. The van der Waals surface area contributed by atoms with Crippen molar-refractivity contribution in [3.8, 4) is 0 Å². The lowest BCUT2D eigenvalue weighted by molar-refractivity contribution is -0.142. The highest BCUT2D eigenvalue weighted by atomic mass is 16.6. The number of nitrogens with one attached hydrogen (secondary N) is 1. The topological polar surface area (TPSA) is 88.7 Å². The summed E-state index contributed by atoms with van der Waals surface area (Å²) in [5.41, 5.74) is 6.60. The number of carbonyl (C=O) groups excluding carboxylic acids is 3. The average molecular weight is 675 g/mol. The Labute approximate surface area is 293 Å². The third-order valence-electron chi connectivity index (χ3n) is 11.2. The van der Waals surface area contributed by atoms with E-state index in [1.165, 1.54) is 16.7 Å². The normalized spacial score (nSPS) is 18.4.